The van der Waals surface area contributed by atoms with Crippen LogP contribution in [0.15, 0.2) is 30.6 Å². The zero-order valence-corrected chi connectivity index (χ0v) is 15.0. The van der Waals surface area contributed by atoms with Crippen molar-refractivity contribution >= 4 is 40.5 Å². The summed E-state index contributed by atoms with van der Waals surface area (Å²) in [5.74, 6) is 0.0951. The molecule has 0 aromatic carbocycles. The van der Waals surface area contributed by atoms with Crippen molar-refractivity contribution in [2.24, 2.45) is 0 Å². The maximum Gasteiger partial charge on any atom is 0.356 e. The highest BCUT2D eigenvalue weighted by Gasteiger charge is 2.40. The van der Waals surface area contributed by atoms with Crippen LogP contribution in [0.1, 0.15) is 16.9 Å². The molecule has 1 atom stereocenters. The van der Waals surface area contributed by atoms with Crippen LogP contribution in [0.4, 0.5) is 22.2 Å². The van der Waals surface area contributed by atoms with Crippen molar-refractivity contribution in [2.45, 2.75) is 12.5 Å². The highest BCUT2D eigenvalue weighted by molar-refractivity contribution is 6.04. The van der Waals surface area contributed by atoms with Gasteiger partial charge in [-0.15, -0.1) is 0 Å². The molecule has 5 heterocycles. The molecule has 2 N–H and O–H groups in total. The molecule has 1 fully saturated rings. The molecule has 2 aliphatic heterocycles. The second-order valence-electron chi connectivity index (χ2n) is 6.69. The van der Waals surface area contributed by atoms with Gasteiger partial charge in [0.2, 0.25) is 5.95 Å². The largest absolute Gasteiger partial charge is 0.464 e. The van der Waals surface area contributed by atoms with Gasteiger partial charge in [-0.05, 0) is 24.6 Å². The number of nitrogens with zero attached hydrogens (tertiary/aromatic N) is 5. The zero-order chi connectivity index (χ0) is 19.3. The van der Waals surface area contributed by atoms with E-state index in [0.29, 0.717) is 11.5 Å². The van der Waals surface area contributed by atoms with Gasteiger partial charge in [-0.1, -0.05) is 0 Å². The maximum atomic E-state index is 13.1. The quantitative estimate of drug-likeness (QED) is 0.652. The minimum absolute atomic E-state index is 0.0397. The molecule has 28 heavy (non-hydrogen) atoms. The first-order chi connectivity index (χ1) is 13.6. The highest BCUT2D eigenvalue weighted by Crippen LogP contribution is 2.39. The van der Waals surface area contributed by atoms with Gasteiger partial charge in [0.25, 0.3) is 0 Å². The standard InChI is InChI=1S/C18H17N7O3/c1-28-16(26)12-2-3-13-15(21-12)25(11-5-7-24(13)9-11)18(27)23-17-20-8-10-4-6-19-14(10)22-17/h2-4,6,8,11H,5,7,9H2,1H3,(H2,19,20,22,23,27). The van der Waals surface area contributed by atoms with Gasteiger partial charge in [0.15, 0.2) is 11.5 Å². The minimum atomic E-state index is -0.545. The molecule has 0 spiro atoms. The smallest absolute Gasteiger partial charge is 0.356 e. The summed E-state index contributed by atoms with van der Waals surface area (Å²) in [5.41, 5.74) is 1.62. The highest BCUT2D eigenvalue weighted by atomic mass is 16.5. The van der Waals surface area contributed by atoms with Gasteiger partial charge in [0.05, 0.1) is 18.8 Å². The average molecular weight is 379 g/mol. The van der Waals surface area contributed by atoms with E-state index in [-0.39, 0.29) is 23.7 Å². The van der Waals surface area contributed by atoms with Crippen LogP contribution in [0.2, 0.25) is 0 Å². The van der Waals surface area contributed by atoms with E-state index in [0.717, 1.165) is 30.6 Å². The first-order valence-corrected chi connectivity index (χ1v) is 8.88. The van der Waals surface area contributed by atoms with E-state index in [9.17, 15) is 9.59 Å². The molecule has 1 unspecified atom stereocenters. The Bertz CT molecular complexity index is 1100. The third kappa shape index (κ3) is 2.53. The Labute approximate surface area is 159 Å². The van der Waals surface area contributed by atoms with Crippen molar-refractivity contribution in [1.29, 1.82) is 0 Å². The number of pyridine rings is 1. The lowest BCUT2D eigenvalue weighted by atomic mass is 10.2. The number of anilines is 3. The number of urea groups is 1. The number of aromatic nitrogens is 4. The molecule has 2 aliphatic rings. The molecule has 5 rings (SSSR count). The predicted octanol–water partition coefficient (Wildman–Crippen LogP) is 1.77. The number of nitrogens with one attached hydrogen (secondary N) is 2. The SMILES string of the molecule is COC(=O)c1ccc2c(n1)N(C(=O)Nc1ncc3cc[nH]c3n1)C1CCN2C1. The van der Waals surface area contributed by atoms with Crippen LogP contribution in [-0.4, -0.2) is 58.2 Å². The summed E-state index contributed by atoms with van der Waals surface area (Å²) >= 11 is 0. The second kappa shape index (κ2) is 6.19. The van der Waals surface area contributed by atoms with Gasteiger partial charge in [-0.25, -0.2) is 19.6 Å². The van der Waals surface area contributed by atoms with Crippen molar-refractivity contribution in [3.63, 3.8) is 0 Å². The topological polar surface area (TPSA) is 116 Å². The number of carbonyl (C=O) groups is 2. The lowest BCUT2D eigenvalue weighted by Gasteiger charge is -2.35. The molecule has 3 aromatic rings. The summed E-state index contributed by atoms with van der Waals surface area (Å²) in [6.07, 6.45) is 4.22. The van der Waals surface area contributed by atoms with Crippen LogP contribution in [0.5, 0.6) is 0 Å². The van der Waals surface area contributed by atoms with Gasteiger partial charge in [-0.3, -0.25) is 10.2 Å². The number of ether oxygens (including phenoxy) is 1. The Kier molecular flexibility index (Phi) is 3.64. The Morgan fingerprint density at radius 2 is 2.18 bits per heavy atom. The Morgan fingerprint density at radius 3 is 3.04 bits per heavy atom. The first kappa shape index (κ1) is 16.5. The minimum Gasteiger partial charge on any atom is -0.464 e. The lowest BCUT2D eigenvalue weighted by molar-refractivity contribution is 0.0594. The Balaban J connectivity index is 1.50. The number of hydrogen-bond acceptors (Lipinski definition) is 7. The molecule has 2 bridgehead atoms. The Morgan fingerprint density at radius 1 is 1.29 bits per heavy atom. The van der Waals surface area contributed by atoms with Crippen molar-refractivity contribution in [2.75, 3.05) is 35.3 Å². The van der Waals surface area contributed by atoms with Crippen LogP contribution in [-0.2, 0) is 4.74 Å². The molecule has 1 saturated heterocycles. The van der Waals surface area contributed by atoms with E-state index < -0.39 is 5.97 Å². The van der Waals surface area contributed by atoms with E-state index in [1.807, 2.05) is 6.07 Å². The van der Waals surface area contributed by atoms with Gasteiger partial charge >= 0.3 is 12.0 Å². The zero-order valence-electron chi connectivity index (χ0n) is 15.0. The number of carbonyl (C=O) groups excluding carboxylic acids is 2. The third-order valence-corrected chi connectivity index (χ3v) is 5.08. The maximum absolute atomic E-state index is 13.1. The number of aromatic amines is 1. The molecular weight excluding hydrogens is 362 g/mol. The number of rotatable bonds is 2. The molecule has 0 radical (unpaired) electrons. The molecular formula is C18H17N7O3. The van der Waals surface area contributed by atoms with Gasteiger partial charge in [0, 0.05) is 30.9 Å². The number of methoxy groups -OCH3 is 1. The van der Waals surface area contributed by atoms with Crippen LogP contribution >= 0.6 is 0 Å². The lowest BCUT2D eigenvalue weighted by Crippen LogP contribution is -2.48. The molecule has 10 heteroatoms. The predicted molar refractivity (Wildman–Crippen MR) is 102 cm³/mol. The van der Waals surface area contributed by atoms with E-state index >= 15 is 0 Å². The molecule has 0 aliphatic carbocycles. The second-order valence-corrected chi connectivity index (χ2v) is 6.69. The van der Waals surface area contributed by atoms with E-state index in [1.165, 1.54) is 7.11 Å². The summed E-state index contributed by atoms with van der Waals surface area (Å²) in [5, 5.41) is 3.61. The van der Waals surface area contributed by atoms with Gasteiger partial charge in [-0.2, -0.15) is 4.98 Å². The van der Waals surface area contributed by atoms with Crippen LogP contribution in [0, 0.1) is 0 Å². The summed E-state index contributed by atoms with van der Waals surface area (Å²) < 4.78 is 4.76. The normalized spacial score (nSPS) is 17.5. The first-order valence-electron chi connectivity index (χ1n) is 8.88. The number of fused-ring (bicyclic) bond motifs is 5. The van der Waals surface area contributed by atoms with E-state index in [2.05, 4.69) is 30.2 Å². The Hall–Kier alpha value is -3.69. The number of hydrogen-bond donors (Lipinski definition) is 2. The van der Waals surface area contributed by atoms with E-state index in [4.69, 9.17) is 4.74 Å². The number of esters is 1. The molecule has 0 saturated carbocycles. The molecule has 3 aromatic heterocycles. The molecule has 142 valence electrons. The average Bonchev–Trinajstić information content (AvgIpc) is 3.34. The van der Waals surface area contributed by atoms with Gasteiger partial charge < -0.3 is 14.6 Å². The summed E-state index contributed by atoms with van der Waals surface area (Å²) in [6, 6.07) is 4.85. The monoisotopic (exact) mass is 379 g/mol. The fourth-order valence-corrected chi connectivity index (χ4v) is 3.74. The van der Waals surface area contributed by atoms with Crippen LogP contribution in [0.25, 0.3) is 11.0 Å². The van der Waals surface area contributed by atoms with Crippen molar-refractivity contribution < 1.29 is 14.3 Å². The summed E-state index contributed by atoms with van der Waals surface area (Å²) in [7, 11) is 1.30. The summed E-state index contributed by atoms with van der Waals surface area (Å²) in [4.78, 5) is 44.7. The van der Waals surface area contributed by atoms with Crippen LogP contribution in [0.3, 0.4) is 0 Å². The van der Waals surface area contributed by atoms with Crippen molar-refractivity contribution in [3.8, 4) is 0 Å². The summed E-state index contributed by atoms with van der Waals surface area (Å²) in [6.45, 7) is 1.54. The molecule has 10 nitrogen and oxygen atoms in total. The van der Waals surface area contributed by atoms with Gasteiger partial charge in [0.1, 0.15) is 5.65 Å². The van der Waals surface area contributed by atoms with Crippen molar-refractivity contribution in [3.05, 3.63) is 36.3 Å². The number of H-pyrrole nitrogens is 1. The molecule has 2 amide bonds. The third-order valence-electron chi connectivity index (χ3n) is 5.08. The fraction of sp³-hybridized carbons (Fsp3) is 0.278. The fourth-order valence-electron chi connectivity index (χ4n) is 3.74. The van der Waals surface area contributed by atoms with Crippen LogP contribution < -0.4 is 15.1 Å². The number of amides is 2. The van der Waals surface area contributed by atoms with Crippen molar-refractivity contribution in [1.82, 2.24) is 19.9 Å². The van der Waals surface area contributed by atoms with E-state index in [1.54, 1.807) is 29.4 Å².